The first-order chi connectivity index (χ1) is 19.5. The van der Waals surface area contributed by atoms with E-state index in [4.69, 9.17) is 29.2 Å². The van der Waals surface area contributed by atoms with Crippen molar-refractivity contribution < 1.29 is 52.3 Å². The molecule has 2 aromatic carbocycles. The molecule has 0 saturated carbocycles. The van der Waals surface area contributed by atoms with Gasteiger partial charge in [0.05, 0.1) is 36.8 Å². The van der Waals surface area contributed by atoms with Gasteiger partial charge in [0.1, 0.15) is 13.2 Å². The Balaban J connectivity index is 1.44. The molecule has 0 bridgehead atoms. The number of rotatable bonds is 15. The summed E-state index contributed by atoms with van der Waals surface area (Å²) in [7, 11) is 2.91. The van der Waals surface area contributed by atoms with Crippen LogP contribution in [0.15, 0.2) is 36.4 Å². The number of ether oxygens (including phenoxy) is 4. The van der Waals surface area contributed by atoms with Gasteiger partial charge in [0.2, 0.25) is 0 Å². The van der Waals surface area contributed by atoms with Gasteiger partial charge in [-0.05, 0) is 35.0 Å². The van der Waals surface area contributed by atoms with Crippen molar-refractivity contribution in [2.24, 2.45) is 0 Å². The number of halogens is 2. The number of thiophene rings is 2. The predicted octanol–water partition coefficient (Wildman–Crippen LogP) is 6.60. The van der Waals surface area contributed by atoms with Crippen molar-refractivity contribution in [2.45, 2.75) is 31.6 Å². The molecule has 0 atom stereocenters. The van der Waals surface area contributed by atoms with Gasteiger partial charge in [-0.25, -0.2) is 8.78 Å². The zero-order chi connectivity index (χ0) is 29.7. The summed E-state index contributed by atoms with van der Waals surface area (Å²) in [4.78, 5) is 34.1. The Labute approximate surface area is 240 Å². The number of fused-ring (bicyclic) bond motifs is 2. The molecular weight excluding hydrogens is 582 g/mol. The summed E-state index contributed by atoms with van der Waals surface area (Å²) in [5.74, 6) is -4.32. The Hall–Kier alpha value is -3.97. The molecule has 0 amide bonds. The highest BCUT2D eigenvalue weighted by atomic mass is 32.1. The van der Waals surface area contributed by atoms with Crippen molar-refractivity contribution in [1.29, 1.82) is 0 Å². The number of hydrogen-bond donors (Lipinski definition) is 2. The Morgan fingerprint density at radius 2 is 1.27 bits per heavy atom. The second kappa shape index (κ2) is 12.7. The van der Waals surface area contributed by atoms with E-state index in [0.717, 1.165) is 21.4 Å². The Kier molecular flexibility index (Phi) is 9.28. The minimum absolute atomic E-state index is 0.0828. The quantitative estimate of drug-likeness (QED) is 0.113. The SMILES string of the molecule is COc1cc2cc(C(=O)CCC(=O)O)sc2cc1OCCOc1cc2sc(C(F)(F)CCC(=O)O)cc2cc1OC. The summed E-state index contributed by atoms with van der Waals surface area (Å²) in [6, 6.07) is 9.67. The topological polar surface area (TPSA) is 129 Å². The number of carboxylic acid groups (broad SMARTS) is 2. The molecule has 4 rings (SSSR count). The van der Waals surface area contributed by atoms with Crippen LogP contribution in [0.3, 0.4) is 0 Å². The van der Waals surface area contributed by atoms with Gasteiger partial charge in [-0.1, -0.05) is 0 Å². The van der Waals surface area contributed by atoms with Crippen LogP contribution in [0.5, 0.6) is 23.0 Å². The Morgan fingerprint density at radius 1 is 0.732 bits per heavy atom. The molecule has 0 saturated heterocycles. The van der Waals surface area contributed by atoms with Crippen molar-refractivity contribution in [3.63, 3.8) is 0 Å². The maximum absolute atomic E-state index is 14.5. The zero-order valence-corrected chi connectivity index (χ0v) is 23.7. The van der Waals surface area contributed by atoms with Crippen LogP contribution in [0.25, 0.3) is 20.2 Å². The summed E-state index contributed by atoms with van der Waals surface area (Å²) in [6.45, 7) is 0.182. The maximum atomic E-state index is 14.5. The normalized spacial score (nSPS) is 11.5. The number of hydrogen-bond acceptors (Lipinski definition) is 9. The standard InChI is InChI=1S/C28H26F2O9S2/c1-36-18-9-15-11-24(17(31)3-4-26(32)33)40-22(15)13-20(18)38-7-8-39-21-14-23-16(10-19(21)37-2)12-25(41-23)28(29,30)6-5-27(34)35/h9-14H,3-8H2,1-2H3,(H,32,33)(H,34,35). The number of ketones is 1. The highest BCUT2D eigenvalue weighted by Crippen LogP contribution is 2.43. The first kappa shape index (κ1) is 30.0. The van der Waals surface area contributed by atoms with E-state index in [2.05, 4.69) is 0 Å². The van der Waals surface area contributed by atoms with E-state index in [0.29, 0.717) is 38.0 Å². The molecule has 2 N–H and O–H groups in total. The number of Topliss-reactive ketones (excluding diaryl/α,β-unsaturated/α-hetero) is 1. The van der Waals surface area contributed by atoms with Gasteiger partial charge in [0, 0.05) is 34.4 Å². The molecule has 2 heterocycles. The summed E-state index contributed by atoms with van der Waals surface area (Å²) in [6.07, 6.45) is -1.77. The fourth-order valence-electron chi connectivity index (χ4n) is 3.99. The lowest BCUT2D eigenvalue weighted by Gasteiger charge is -2.13. The van der Waals surface area contributed by atoms with E-state index >= 15 is 0 Å². The monoisotopic (exact) mass is 608 g/mol. The first-order valence-corrected chi connectivity index (χ1v) is 14.0. The number of aliphatic carboxylic acids is 2. The van der Waals surface area contributed by atoms with Crippen molar-refractivity contribution in [3.05, 3.63) is 46.2 Å². The lowest BCUT2D eigenvalue weighted by atomic mass is 10.1. The lowest BCUT2D eigenvalue weighted by Crippen LogP contribution is -2.13. The smallest absolute Gasteiger partial charge is 0.303 e. The van der Waals surface area contributed by atoms with Crippen LogP contribution in [0.4, 0.5) is 8.78 Å². The largest absolute Gasteiger partial charge is 0.493 e. The van der Waals surface area contributed by atoms with Crippen molar-refractivity contribution in [1.82, 2.24) is 0 Å². The van der Waals surface area contributed by atoms with Crippen molar-refractivity contribution in [2.75, 3.05) is 27.4 Å². The third-order valence-electron chi connectivity index (χ3n) is 6.06. The fourth-order valence-corrected chi connectivity index (χ4v) is 6.11. The molecule has 218 valence electrons. The van der Waals surface area contributed by atoms with Crippen LogP contribution in [0.1, 0.15) is 40.2 Å². The second-order valence-corrected chi connectivity index (χ2v) is 11.1. The number of benzene rings is 2. The molecule has 0 radical (unpaired) electrons. The number of carboxylic acids is 2. The summed E-state index contributed by atoms with van der Waals surface area (Å²) >= 11 is 2.09. The van der Waals surface area contributed by atoms with Gasteiger partial charge in [-0.15, -0.1) is 22.7 Å². The molecule has 0 fully saturated rings. The van der Waals surface area contributed by atoms with Gasteiger partial charge in [-0.3, -0.25) is 14.4 Å². The van der Waals surface area contributed by atoms with Gasteiger partial charge in [0.25, 0.3) is 5.92 Å². The van der Waals surface area contributed by atoms with Crippen LogP contribution in [0.2, 0.25) is 0 Å². The van der Waals surface area contributed by atoms with Crippen LogP contribution >= 0.6 is 22.7 Å². The van der Waals surface area contributed by atoms with Crippen LogP contribution < -0.4 is 18.9 Å². The molecule has 9 nitrogen and oxygen atoms in total. The number of alkyl halides is 2. The maximum Gasteiger partial charge on any atom is 0.303 e. The minimum atomic E-state index is -3.28. The Bertz CT molecular complexity index is 1590. The number of carbonyl (C=O) groups excluding carboxylic acids is 1. The average Bonchev–Trinajstić information content (AvgIpc) is 3.55. The molecular formula is C28H26F2O9S2. The molecule has 41 heavy (non-hydrogen) atoms. The van der Waals surface area contributed by atoms with Crippen LogP contribution in [0, 0.1) is 0 Å². The minimum Gasteiger partial charge on any atom is -0.493 e. The first-order valence-electron chi connectivity index (χ1n) is 12.3. The predicted molar refractivity (Wildman–Crippen MR) is 150 cm³/mol. The number of methoxy groups -OCH3 is 2. The lowest BCUT2D eigenvalue weighted by molar-refractivity contribution is -0.139. The van der Waals surface area contributed by atoms with E-state index in [9.17, 15) is 23.2 Å². The Morgan fingerprint density at radius 3 is 1.80 bits per heavy atom. The van der Waals surface area contributed by atoms with Gasteiger partial charge >= 0.3 is 11.9 Å². The van der Waals surface area contributed by atoms with Crippen molar-refractivity contribution in [3.8, 4) is 23.0 Å². The molecule has 0 spiro atoms. The van der Waals surface area contributed by atoms with E-state index in [1.165, 1.54) is 31.6 Å². The molecule has 4 aromatic rings. The summed E-state index contributed by atoms with van der Waals surface area (Å²) in [5, 5.41) is 18.9. The molecule has 0 aliphatic carbocycles. The summed E-state index contributed by atoms with van der Waals surface area (Å²) in [5.41, 5.74) is 0. The van der Waals surface area contributed by atoms with Gasteiger partial charge in [0.15, 0.2) is 28.8 Å². The molecule has 0 unspecified atom stereocenters. The van der Waals surface area contributed by atoms with E-state index < -0.39 is 30.7 Å². The van der Waals surface area contributed by atoms with Gasteiger partial charge in [-0.2, -0.15) is 0 Å². The van der Waals surface area contributed by atoms with E-state index in [1.807, 2.05) is 0 Å². The van der Waals surface area contributed by atoms with Crippen LogP contribution in [-0.4, -0.2) is 55.4 Å². The van der Waals surface area contributed by atoms with E-state index in [-0.39, 0.29) is 36.7 Å². The molecule has 2 aromatic heterocycles. The molecule has 0 aliphatic rings. The number of carbonyl (C=O) groups is 3. The molecule has 0 aliphatic heterocycles. The van der Waals surface area contributed by atoms with Crippen LogP contribution in [-0.2, 0) is 15.5 Å². The van der Waals surface area contributed by atoms with Crippen molar-refractivity contribution >= 4 is 60.6 Å². The summed E-state index contributed by atoms with van der Waals surface area (Å²) < 4.78 is 52.9. The zero-order valence-electron chi connectivity index (χ0n) is 22.0. The third-order valence-corrected chi connectivity index (χ3v) is 8.41. The average molecular weight is 609 g/mol. The highest BCUT2D eigenvalue weighted by Gasteiger charge is 2.34. The fraction of sp³-hybridized carbons (Fsp3) is 0.321. The van der Waals surface area contributed by atoms with E-state index in [1.54, 1.807) is 30.3 Å². The third kappa shape index (κ3) is 7.22. The molecule has 13 heteroatoms. The second-order valence-electron chi connectivity index (χ2n) is 8.92. The highest BCUT2D eigenvalue weighted by molar-refractivity contribution is 7.21. The van der Waals surface area contributed by atoms with Gasteiger partial charge < -0.3 is 29.2 Å².